The van der Waals surface area contributed by atoms with Crippen molar-refractivity contribution in [3.63, 3.8) is 0 Å². The smallest absolute Gasteiger partial charge is 0.113 e. The fourth-order valence-corrected chi connectivity index (χ4v) is 4.23. The molecule has 0 atom stereocenters. The minimum absolute atomic E-state index is 1.08. The van der Waals surface area contributed by atoms with E-state index >= 15 is 0 Å². The van der Waals surface area contributed by atoms with E-state index in [1.807, 2.05) is 6.20 Å². The van der Waals surface area contributed by atoms with Crippen LogP contribution in [0.3, 0.4) is 0 Å². The van der Waals surface area contributed by atoms with Crippen LogP contribution in [0.5, 0.6) is 0 Å². The van der Waals surface area contributed by atoms with E-state index in [0.29, 0.717) is 0 Å². The Morgan fingerprint density at radius 1 is 0.690 bits per heavy atom. The fraction of sp³-hybridized carbons (Fsp3) is 0.667. The second-order valence-corrected chi connectivity index (χ2v) is 8.70. The number of hydrogen-bond acceptors (Lipinski definition) is 1. The molecule has 1 aromatic heterocycles. The summed E-state index contributed by atoms with van der Waals surface area (Å²) < 4.78 is 2.26. The van der Waals surface area contributed by atoms with E-state index in [1.165, 1.54) is 113 Å². The molecule has 2 rings (SSSR count). The molecular formula is C27H44N2. The molecule has 0 unspecified atom stereocenters. The Hall–Kier alpha value is -1.57. The van der Waals surface area contributed by atoms with Crippen LogP contribution in [0.1, 0.15) is 115 Å². The summed E-state index contributed by atoms with van der Waals surface area (Å²) in [5.41, 5.74) is 2.57. The summed E-state index contributed by atoms with van der Waals surface area (Å²) in [6, 6.07) is 8.57. The van der Waals surface area contributed by atoms with Gasteiger partial charge in [0.25, 0.3) is 0 Å². The summed E-state index contributed by atoms with van der Waals surface area (Å²) in [7, 11) is 0. The summed E-state index contributed by atoms with van der Waals surface area (Å²) in [6.45, 7) is 4.47. The molecule has 0 amide bonds. The highest BCUT2D eigenvalue weighted by atomic mass is 15.1. The largest absolute Gasteiger partial charge is 0.304 e. The lowest BCUT2D eigenvalue weighted by Crippen LogP contribution is -2.02. The van der Waals surface area contributed by atoms with Gasteiger partial charge in [0, 0.05) is 24.5 Å². The third-order valence-corrected chi connectivity index (χ3v) is 6.10. The lowest BCUT2D eigenvalue weighted by atomic mass is 10.0. The van der Waals surface area contributed by atoms with Crippen molar-refractivity contribution in [2.75, 3.05) is 0 Å². The second-order valence-electron chi connectivity index (χ2n) is 8.70. The number of aryl methyl sites for hydroxylation is 2. The summed E-state index contributed by atoms with van der Waals surface area (Å²) >= 11 is 0. The normalized spacial score (nSPS) is 11.2. The first-order valence-corrected chi connectivity index (χ1v) is 12.4. The zero-order chi connectivity index (χ0) is 20.6. The molecule has 2 aromatic rings. The fourth-order valence-electron chi connectivity index (χ4n) is 4.23. The number of para-hydroxylation sites is 1. The molecule has 162 valence electrons. The molecule has 0 aliphatic heterocycles. The monoisotopic (exact) mass is 396 g/mol. The van der Waals surface area contributed by atoms with Crippen molar-refractivity contribution in [3.8, 4) is 5.69 Å². The van der Waals surface area contributed by atoms with Crippen LogP contribution in [0.4, 0.5) is 0 Å². The summed E-state index contributed by atoms with van der Waals surface area (Å²) in [4.78, 5) is 4.60. The molecule has 0 spiro atoms. The average Bonchev–Trinajstić information content (AvgIpc) is 3.19. The van der Waals surface area contributed by atoms with Crippen LogP contribution >= 0.6 is 0 Å². The van der Waals surface area contributed by atoms with Gasteiger partial charge in [-0.25, -0.2) is 4.98 Å². The first kappa shape index (κ1) is 23.7. The van der Waals surface area contributed by atoms with Crippen molar-refractivity contribution in [3.05, 3.63) is 48.0 Å². The second kappa shape index (κ2) is 15.3. The van der Waals surface area contributed by atoms with Crippen LogP contribution in [0.2, 0.25) is 0 Å². The van der Waals surface area contributed by atoms with Crippen LogP contribution < -0.4 is 0 Å². The number of imidazole rings is 1. The highest BCUT2D eigenvalue weighted by molar-refractivity contribution is 5.41. The van der Waals surface area contributed by atoms with E-state index in [-0.39, 0.29) is 0 Å². The number of nitrogens with zero attached hydrogens (tertiary/aromatic N) is 2. The van der Waals surface area contributed by atoms with Crippen molar-refractivity contribution in [1.82, 2.24) is 9.55 Å². The molecule has 2 nitrogen and oxygen atoms in total. The minimum atomic E-state index is 1.08. The topological polar surface area (TPSA) is 17.8 Å². The first-order valence-electron chi connectivity index (χ1n) is 12.4. The first-order chi connectivity index (χ1) is 14.3. The van der Waals surface area contributed by atoms with Gasteiger partial charge in [0.2, 0.25) is 0 Å². The van der Waals surface area contributed by atoms with Crippen molar-refractivity contribution in [2.24, 2.45) is 0 Å². The van der Waals surface area contributed by atoms with E-state index < -0.39 is 0 Å². The van der Waals surface area contributed by atoms with E-state index in [0.717, 1.165) is 6.42 Å². The van der Waals surface area contributed by atoms with Gasteiger partial charge in [-0.3, -0.25) is 0 Å². The maximum atomic E-state index is 4.60. The van der Waals surface area contributed by atoms with Gasteiger partial charge in [-0.1, -0.05) is 115 Å². The number of unbranched alkanes of at least 4 members (excludes halogenated alkanes) is 14. The molecule has 1 heterocycles. The summed E-state index contributed by atoms with van der Waals surface area (Å²) in [6.07, 6.45) is 26.3. The maximum Gasteiger partial charge on any atom is 0.113 e. The maximum absolute atomic E-state index is 4.60. The Balaban J connectivity index is 1.45. The lowest BCUT2D eigenvalue weighted by Gasteiger charge is -2.10. The Morgan fingerprint density at radius 3 is 1.76 bits per heavy atom. The quantitative estimate of drug-likeness (QED) is 0.245. The predicted molar refractivity (Wildman–Crippen MR) is 127 cm³/mol. The SMILES string of the molecule is CCCCCCCCCCCCCCCCCc1nccn1-c1ccccc1C. The molecule has 0 fully saturated rings. The molecule has 2 heteroatoms. The van der Waals surface area contributed by atoms with E-state index in [9.17, 15) is 0 Å². The van der Waals surface area contributed by atoms with Gasteiger partial charge >= 0.3 is 0 Å². The van der Waals surface area contributed by atoms with Gasteiger partial charge in [-0.2, -0.15) is 0 Å². The minimum Gasteiger partial charge on any atom is -0.304 e. The Labute approximate surface area is 180 Å². The van der Waals surface area contributed by atoms with E-state index in [4.69, 9.17) is 0 Å². The summed E-state index contributed by atoms with van der Waals surface area (Å²) in [5, 5.41) is 0. The molecule has 0 N–H and O–H groups in total. The van der Waals surface area contributed by atoms with Crippen molar-refractivity contribution in [1.29, 1.82) is 0 Å². The van der Waals surface area contributed by atoms with Crippen LogP contribution in [-0.2, 0) is 6.42 Å². The van der Waals surface area contributed by atoms with Crippen LogP contribution in [0.15, 0.2) is 36.7 Å². The highest BCUT2D eigenvalue weighted by Crippen LogP contribution is 2.18. The standard InChI is InChI=1S/C27H44N2/c1-3-4-5-6-7-8-9-10-11-12-13-14-15-16-17-22-27-28-23-24-29(27)26-21-19-18-20-25(26)2/h18-21,23-24H,3-17,22H2,1-2H3. The van der Waals surface area contributed by atoms with E-state index in [1.54, 1.807) is 0 Å². The lowest BCUT2D eigenvalue weighted by molar-refractivity contribution is 0.531. The Kier molecular flexibility index (Phi) is 12.5. The number of rotatable bonds is 17. The molecular weight excluding hydrogens is 352 g/mol. The molecule has 0 aliphatic carbocycles. The van der Waals surface area contributed by atoms with Gasteiger partial charge in [0.1, 0.15) is 5.82 Å². The van der Waals surface area contributed by atoms with Gasteiger partial charge in [-0.05, 0) is 25.0 Å². The van der Waals surface area contributed by atoms with Crippen LogP contribution in [0, 0.1) is 6.92 Å². The molecule has 0 saturated carbocycles. The van der Waals surface area contributed by atoms with Crippen molar-refractivity contribution >= 4 is 0 Å². The molecule has 0 aliphatic rings. The zero-order valence-electron chi connectivity index (χ0n) is 19.2. The van der Waals surface area contributed by atoms with Crippen molar-refractivity contribution < 1.29 is 0 Å². The predicted octanol–water partition coefficient (Wildman–Crippen LogP) is 8.59. The highest BCUT2D eigenvalue weighted by Gasteiger charge is 2.06. The van der Waals surface area contributed by atoms with Crippen LogP contribution in [-0.4, -0.2) is 9.55 Å². The molecule has 0 radical (unpaired) electrons. The third kappa shape index (κ3) is 9.65. The van der Waals surface area contributed by atoms with Gasteiger partial charge in [0.05, 0.1) is 0 Å². The molecule has 0 saturated heterocycles. The van der Waals surface area contributed by atoms with Gasteiger partial charge in [-0.15, -0.1) is 0 Å². The molecule has 0 bridgehead atoms. The zero-order valence-corrected chi connectivity index (χ0v) is 19.2. The average molecular weight is 397 g/mol. The Bertz CT molecular complexity index is 643. The van der Waals surface area contributed by atoms with Crippen molar-refractivity contribution in [2.45, 2.75) is 117 Å². The molecule has 1 aromatic carbocycles. The van der Waals surface area contributed by atoms with Gasteiger partial charge < -0.3 is 4.57 Å². The van der Waals surface area contributed by atoms with Crippen LogP contribution in [0.25, 0.3) is 5.69 Å². The number of benzene rings is 1. The molecule has 29 heavy (non-hydrogen) atoms. The van der Waals surface area contributed by atoms with Gasteiger partial charge in [0.15, 0.2) is 0 Å². The number of hydrogen-bond donors (Lipinski definition) is 0. The third-order valence-electron chi connectivity index (χ3n) is 6.10. The number of aromatic nitrogens is 2. The summed E-state index contributed by atoms with van der Waals surface area (Å²) in [5.74, 6) is 1.20. The van der Waals surface area contributed by atoms with E-state index in [2.05, 4.69) is 53.9 Å². The Morgan fingerprint density at radius 2 is 1.21 bits per heavy atom.